The fraction of sp³-hybridized carbons (Fsp3) is 0.273. The fourth-order valence-corrected chi connectivity index (χ4v) is 5.05. The van der Waals surface area contributed by atoms with Gasteiger partial charge in [-0.05, 0) is 19.4 Å². The topological polar surface area (TPSA) is 73.8 Å². The number of aromatic nitrogens is 4. The third-order valence-corrected chi connectivity index (χ3v) is 6.71. The highest BCUT2D eigenvalue weighted by atomic mass is 32.2. The van der Waals surface area contributed by atoms with Crippen molar-refractivity contribution in [2.75, 3.05) is 0 Å². The second-order valence-electron chi connectivity index (χ2n) is 6.96. The maximum Gasteiger partial charge on any atom is 0.263 e. The lowest BCUT2D eigenvalue weighted by molar-refractivity contribution is 0.375. The van der Waals surface area contributed by atoms with Crippen molar-refractivity contribution in [3.8, 4) is 11.1 Å². The summed E-state index contributed by atoms with van der Waals surface area (Å²) in [6.45, 7) is 10.2. The molecule has 3 aromatic heterocycles. The van der Waals surface area contributed by atoms with Crippen LogP contribution in [0.2, 0.25) is 0 Å². The molecule has 1 aromatic carbocycles. The van der Waals surface area contributed by atoms with Gasteiger partial charge in [0, 0.05) is 23.9 Å². The first-order chi connectivity index (χ1) is 14.5. The highest BCUT2D eigenvalue weighted by Gasteiger charge is 2.21. The molecular formula is C22H22N4O2S2. The Kier molecular flexibility index (Phi) is 5.87. The van der Waals surface area contributed by atoms with Gasteiger partial charge in [0.05, 0.1) is 10.6 Å². The predicted molar refractivity (Wildman–Crippen MR) is 122 cm³/mol. The predicted octanol–water partition coefficient (Wildman–Crippen LogP) is 5.42. The molecule has 0 fully saturated rings. The van der Waals surface area contributed by atoms with Crippen LogP contribution in [0.1, 0.15) is 36.4 Å². The van der Waals surface area contributed by atoms with Crippen LogP contribution < -0.4 is 5.56 Å². The van der Waals surface area contributed by atoms with Crippen LogP contribution in [0.5, 0.6) is 0 Å². The Hall–Kier alpha value is -2.71. The van der Waals surface area contributed by atoms with E-state index in [0.29, 0.717) is 35.2 Å². The first-order valence-electron chi connectivity index (χ1n) is 9.71. The normalized spacial score (nSPS) is 12.4. The van der Waals surface area contributed by atoms with Gasteiger partial charge in [0.15, 0.2) is 11.0 Å². The average molecular weight is 439 g/mol. The van der Waals surface area contributed by atoms with Crippen molar-refractivity contribution >= 4 is 33.3 Å². The minimum Gasteiger partial charge on any atom is -0.338 e. The van der Waals surface area contributed by atoms with Crippen LogP contribution in [0.15, 0.2) is 56.8 Å². The van der Waals surface area contributed by atoms with E-state index in [1.54, 1.807) is 10.6 Å². The van der Waals surface area contributed by atoms with Crippen molar-refractivity contribution in [3.63, 3.8) is 0 Å². The summed E-state index contributed by atoms with van der Waals surface area (Å²) in [7, 11) is 0. The molecule has 0 aliphatic carbocycles. The van der Waals surface area contributed by atoms with Crippen LogP contribution in [0.25, 0.3) is 21.3 Å². The quantitative estimate of drug-likeness (QED) is 0.218. The molecule has 0 bridgehead atoms. The monoisotopic (exact) mass is 438 g/mol. The Bertz CT molecular complexity index is 1250. The van der Waals surface area contributed by atoms with Crippen molar-refractivity contribution in [1.29, 1.82) is 0 Å². The third-order valence-electron chi connectivity index (χ3n) is 4.76. The molecule has 8 heteroatoms. The van der Waals surface area contributed by atoms with Gasteiger partial charge in [-0.3, -0.25) is 9.36 Å². The Labute approximate surface area is 182 Å². The number of hydrogen-bond acceptors (Lipinski definition) is 7. The number of allylic oxidation sites excluding steroid dienone is 1. The maximum absolute atomic E-state index is 13.4. The number of fused-ring (bicyclic) bond motifs is 1. The van der Waals surface area contributed by atoms with E-state index >= 15 is 0 Å². The molecule has 0 radical (unpaired) electrons. The van der Waals surface area contributed by atoms with Gasteiger partial charge in [-0.2, -0.15) is 4.98 Å². The Morgan fingerprint density at radius 3 is 2.73 bits per heavy atom. The van der Waals surface area contributed by atoms with Gasteiger partial charge in [0.25, 0.3) is 5.56 Å². The van der Waals surface area contributed by atoms with Crippen LogP contribution in [0, 0.1) is 6.92 Å². The van der Waals surface area contributed by atoms with Gasteiger partial charge in [-0.25, -0.2) is 4.98 Å². The van der Waals surface area contributed by atoms with Crippen LogP contribution in [-0.2, 0) is 13.0 Å². The fourth-order valence-electron chi connectivity index (χ4n) is 3.12. The molecule has 1 unspecified atom stereocenters. The standard InChI is InChI=1S/C22H22N4O2S2/c1-5-11-26-21(27)18-16(15-9-7-13(3)8-10-15)12-29-20(18)24-22(26)30-14(4)19-23-17(6-2)25-28-19/h5,7-10,12,14H,1,6,11H2,2-4H3. The van der Waals surface area contributed by atoms with E-state index in [0.717, 1.165) is 16.0 Å². The number of rotatable bonds is 7. The molecular weight excluding hydrogens is 416 g/mol. The summed E-state index contributed by atoms with van der Waals surface area (Å²) in [6, 6.07) is 8.18. The second-order valence-corrected chi connectivity index (χ2v) is 9.12. The molecule has 154 valence electrons. The van der Waals surface area contributed by atoms with Crippen LogP contribution in [-0.4, -0.2) is 19.7 Å². The molecule has 0 amide bonds. The van der Waals surface area contributed by atoms with E-state index in [1.807, 2.05) is 38.3 Å². The third kappa shape index (κ3) is 3.85. The van der Waals surface area contributed by atoms with Crippen LogP contribution in [0.3, 0.4) is 0 Å². The molecule has 30 heavy (non-hydrogen) atoms. The number of benzene rings is 1. The van der Waals surface area contributed by atoms with E-state index in [1.165, 1.54) is 28.7 Å². The van der Waals surface area contributed by atoms with Gasteiger partial charge in [0.1, 0.15) is 4.83 Å². The second kappa shape index (κ2) is 8.57. The van der Waals surface area contributed by atoms with Gasteiger partial charge < -0.3 is 4.52 Å². The lowest BCUT2D eigenvalue weighted by Crippen LogP contribution is -2.22. The Balaban J connectivity index is 1.79. The molecule has 6 nitrogen and oxygen atoms in total. The first kappa shape index (κ1) is 20.6. The molecule has 0 saturated carbocycles. The summed E-state index contributed by atoms with van der Waals surface area (Å²) < 4.78 is 7.03. The number of aryl methyl sites for hydroxylation is 2. The van der Waals surface area contributed by atoms with Gasteiger partial charge in [-0.15, -0.1) is 17.9 Å². The van der Waals surface area contributed by atoms with Gasteiger partial charge in [-0.1, -0.05) is 59.7 Å². The largest absolute Gasteiger partial charge is 0.338 e. The minimum absolute atomic E-state index is 0.0637. The summed E-state index contributed by atoms with van der Waals surface area (Å²) in [5, 5.41) is 7.11. The van der Waals surface area contributed by atoms with Crippen molar-refractivity contribution < 1.29 is 4.52 Å². The molecule has 0 saturated heterocycles. The zero-order valence-corrected chi connectivity index (χ0v) is 18.7. The molecule has 4 rings (SSSR count). The zero-order chi connectivity index (χ0) is 21.3. The van der Waals surface area contributed by atoms with Gasteiger partial charge >= 0.3 is 0 Å². The van der Waals surface area contributed by atoms with Crippen molar-refractivity contribution in [2.24, 2.45) is 0 Å². The molecule has 4 aromatic rings. The van der Waals surface area contributed by atoms with E-state index < -0.39 is 0 Å². The lowest BCUT2D eigenvalue weighted by atomic mass is 10.1. The summed E-state index contributed by atoms with van der Waals surface area (Å²) in [4.78, 5) is 23.4. The van der Waals surface area contributed by atoms with E-state index in [2.05, 4.69) is 28.9 Å². The molecule has 0 aliphatic heterocycles. The Morgan fingerprint density at radius 2 is 2.07 bits per heavy atom. The number of nitrogens with zero attached hydrogens (tertiary/aromatic N) is 4. The smallest absolute Gasteiger partial charge is 0.263 e. The molecule has 0 N–H and O–H groups in total. The van der Waals surface area contributed by atoms with Crippen molar-refractivity contribution in [3.05, 3.63) is 69.9 Å². The molecule has 0 aliphatic rings. The zero-order valence-electron chi connectivity index (χ0n) is 17.1. The SMILES string of the molecule is C=CCn1c(SC(C)c2nc(CC)no2)nc2scc(-c3ccc(C)cc3)c2c1=O. The van der Waals surface area contributed by atoms with E-state index in [9.17, 15) is 4.79 Å². The number of thioether (sulfide) groups is 1. The van der Waals surface area contributed by atoms with Crippen LogP contribution >= 0.6 is 23.1 Å². The summed E-state index contributed by atoms with van der Waals surface area (Å²) in [6.07, 6.45) is 2.42. The van der Waals surface area contributed by atoms with Crippen molar-refractivity contribution in [2.45, 2.75) is 44.1 Å². The van der Waals surface area contributed by atoms with E-state index in [4.69, 9.17) is 9.51 Å². The average Bonchev–Trinajstić information content (AvgIpc) is 3.39. The number of thiophene rings is 1. The first-order valence-corrected chi connectivity index (χ1v) is 11.5. The van der Waals surface area contributed by atoms with Crippen LogP contribution in [0.4, 0.5) is 0 Å². The molecule has 1 atom stereocenters. The Morgan fingerprint density at radius 1 is 1.30 bits per heavy atom. The highest BCUT2D eigenvalue weighted by molar-refractivity contribution is 7.99. The molecule has 0 spiro atoms. The van der Waals surface area contributed by atoms with Crippen molar-refractivity contribution in [1.82, 2.24) is 19.7 Å². The minimum atomic E-state index is -0.130. The number of hydrogen-bond donors (Lipinski definition) is 0. The highest BCUT2D eigenvalue weighted by Crippen LogP contribution is 2.36. The van der Waals surface area contributed by atoms with Gasteiger partial charge in [0.2, 0.25) is 5.89 Å². The summed E-state index contributed by atoms with van der Waals surface area (Å²) >= 11 is 2.92. The summed E-state index contributed by atoms with van der Waals surface area (Å²) in [5.41, 5.74) is 3.05. The van der Waals surface area contributed by atoms with E-state index in [-0.39, 0.29) is 10.8 Å². The maximum atomic E-state index is 13.4. The lowest BCUT2D eigenvalue weighted by Gasteiger charge is -2.12. The summed E-state index contributed by atoms with van der Waals surface area (Å²) in [5.74, 6) is 1.20. The molecule has 3 heterocycles.